The summed E-state index contributed by atoms with van der Waals surface area (Å²) in [5.41, 5.74) is 8.43. The fraction of sp³-hybridized carbons (Fsp3) is 0.560. The predicted octanol–water partition coefficient (Wildman–Crippen LogP) is 1.73. The highest BCUT2D eigenvalue weighted by atomic mass is 31.2. The van der Waals surface area contributed by atoms with E-state index in [0.29, 0.717) is 12.1 Å². The number of pyridine rings is 1. The van der Waals surface area contributed by atoms with Gasteiger partial charge in [0.2, 0.25) is 15.1 Å². The maximum Gasteiger partial charge on any atom is 0.264 e. The third-order valence-corrected chi connectivity index (χ3v) is 10.8. The molecule has 0 aromatic carbocycles. The zero-order valence-corrected chi connectivity index (χ0v) is 27.1. The Bertz CT molecular complexity index is 1970. The minimum Gasteiger partial charge on any atom is -0.384 e. The maximum absolute atomic E-state index is 16.1. The van der Waals surface area contributed by atoms with Crippen LogP contribution in [0.2, 0.25) is 0 Å². The molecule has 4 aliphatic rings. The Morgan fingerprint density at radius 3 is 2.52 bits per heavy atom. The summed E-state index contributed by atoms with van der Waals surface area (Å²) < 4.78 is 86.4. The number of fused-ring (bicyclic) bond motifs is 3. The van der Waals surface area contributed by atoms with Crippen LogP contribution in [0, 0.1) is 0 Å². The number of hydrogen-bond donors (Lipinski definition) is 2. The van der Waals surface area contributed by atoms with Crippen molar-refractivity contribution in [3.8, 4) is 0 Å². The molecule has 4 unspecified atom stereocenters. The van der Waals surface area contributed by atoms with E-state index in [1.807, 2.05) is 6.07 Å². The van der Waals surface area contributed by atoms with Gasteiger partial charge in [0.15, 0.2) is 35.7 Å². The van der Waals surface area contributed by atoms with Gasteiger partial charge in [0.1, 0.15) is 42.4 Å². The molecule has 3 fully saturated rings. The summed E-state index contributed by atoms with van der Waals surface area (Å²) in [4.78, 5) is 16.7. The van der Waals surface area contributed by atoms with Gasteiger partial charge in [-0.15, -0.1) is 0 Å². The molecule has 3 N–H and O–H groups in total. The van der Waals surface area contributed by atoms with Crippen molar-refractivity contribution >= 4 is 63.8 Å². The average molecular weight is 701 g/mol. The van der Waals surface area contributed by atoms with E-state index in [-0.39, 0.29) is 17.0 Å². The van der Waals surface area contributed by atoms with Crippen LogP contribution in [0.4, 0.5) is 15.9 Å². The van der Waals surface area contributed by atoms with E-state index in [9.17, 15) is 9.13 Å². The number of ether oxygens (including phenoxy) is 3. The van der Waals surface area contributed by atoms with Crippen molar-refractivity contribution in [3.05, 3.63) is 30.6 Å². The van der Waals surface area contributed by atoms with Gasteiger partial charge in [-0.05, 0) is 18.9 Å². The number of nitrogens with zero attached hydrogens (tertiary/aromatic N) is 7. The Hall–Kier alpha value is -2.99. The van der Waals surface area contributed by atoms with E-state index in [4.69, 9.17) is 58.3 Å². The van der Waals surface area contributed by atoms with E-state index in [0.717, 1.165) is 29.7 Å². The number of hydrogen-bond acceptors (Lipinski definition) is 16. The quantitative estimate of drug-likeness (QED) is 0.230. The molecular weight excluding hydrogens is 673 g/mol. The number of aryl methyl sites for hydroxylation is 1. The van der Waals surface area contributed by atoms with Gasteiger partial charge >= 0.3 is 0 Å². The molecule has 4 aromatic heterocycles. The number of nitrogens with two attached hydrogens (primary N) is 1. The Morgan fingerprint density at radius 1 is 1.02 bits per heavy atom. The second-order valence-electron chi connectivity index (χ2n) is 11.6. The standard InChI is InChI=1S/C25H28B2FN9O9P2/c1-40-20-19-14(44-25(20)37-22-15-11(4-6-31-22)30-5-2-3-12(15)35-37)8-42-47(26,38)45-18-13(7-41-48(27,39)46-19)43-24(16(18)28)36-10-34-17-21(29)32-9-33-23(17)36/h4,6,9-10,13-14,16,18-20,24-25,30H,2-3,5,7-8H2,1H3,(H2,29,32,33)/t13-,14-,16?,18+,19?,20+,24-,25-,47?,48?/m1/s1. The van der Waals surface area contributed by atoms with Crippen LogP contribution in [0.3, 0.4) is 0 Å². The number of nitrogen functional groups attached to an aromatic ring is 1. The molecule has 8 heterocycles. The number of nitrogens with one attached hydrogen (secondary N) is 1. The number of alkyl halides is 1. The summed E-state index contributed by atoms with van der Waals surface area (Å²) in [6.45, 7) is -0.368. The lowest BCUT2D eigenvalue weighted by atomic mass is 10.1. The van der Waals surface area contributed by atoms with Gasteiger partial charge in [-0.25, -0.2) is 29.0 Å². The number of imidazole rings is 1. The summed E-state index contributed by atoms with van der Waals surface area (Å²) in [7, 11) is 4.49. The van der Waals surface area contributed by atoms with Crippen LogP contribution in [-0.2, 0) is 47.9 Å². The van der Waals surface area contributed by atoms with Gasteiger partial charge in [0.25, 0.3) is 14.9 Å². The van der Waals surface area contributed by atoms with E-state index in [1.54, 1.807) is 10.9 Å². The van der Waals surface area contributed by atoms with Crippen molar-refractivity contribution in [3.63, 3.8) is 0 Å². The Labute approximate surface area is 274 Å². The predicted molar refractivity (Wildman–Crippen MR) is 166 cm³/mol. The van der Waals surface area contributed by atoms with Gasteiger partial charge in [0.05, 0.1) is 30.6 Å². The highest BCUT2D eigenvalue weighted by Crippen LogP contribution is 2.54. The fourth-order valence-electron chi connectivity index (χ4n) is 6.52. The molecule has 0 aliphatic carbocycles. The molecule has 0 bridgehead atoms. The zero-order chi connectivity index (χ0) is 33.4. The summed E-state index contributed by atoms with van der Waals surface area (Å²) in [6.07, 6.45) is -5.15. The first-order valence-corrected chi connectivity index (χ1v) is 18.2. The average Bonchev–Trinajstić information content (AvgIpc) is 3.77. The largest absolute Gasteiger partial charge is 0.384 e. The molecule has 23 heteroatoms. The summed E-state index contributed by atoms with van der Waals surface area (Å²) in [5, 5.41) is 9.00. The van der Waals surface area contributed by atoms with Crippen molar-refractivity contribution in [2.45, 2.75) is 62.0 Å². The summed E-state index contributed by atoms with van der Waals surface area (Å²) >= 11 is 0. The van der Waals surface area contributed by atoms with Crippen LogP contribution in [0.15, 0.2) is 24.9 Å². The SMILES string of the molecule is [B]P1(=O)OC[C@H]2O[C@@H](n3cnc4c(N)ncnc43)C(F)[C@H]2OP([B])(=O)OC[C@H]2O[C@@H](n3nc4c5c(ccnc53)NCCC4)[C@@H](OC)C2O1. The first-order chi connectivity index (χ1) is 23.0. The lowest BCUT2D eigenvalue weighted by molar-refractivity contribution is -0.0642. The van der Waals surface area contributed by atoms with Crippen molar-refractivity contribution in [2.24, 2.45) is 0 Å². The normalized spacial score (nSPS) is 37.3. The lowest BCUT2D eigenvalue weighted by Gasteiger charge is -2.30. The third kappa shape index (κ3) is 5.54. The number of methoxy groups -OCH3 is 1. The molecule has 0 saturated carbocycles. The second-order valence-corrected chi connectivity index (χ2v) is 14.7. The van der Waals surface area contributed by atoms with Gasteiger partial charge in [-0.1, -0.05) is 0 Å². The molecular formula is C25H28B2FN9O9P2. The molecule has 18 nitrogen and oxygen atoms in total. The van der Waals surface area contributed by atoms with E-state index >= 15 is 4.39 Å². The zero-order valence-electron chi connectivity index (χ0n) is 25.3. The number of rotatable bonds is 3. The lowest BCUT2D eigenvalue weighted by Crippen LogP contribution is -2.39. The van der Waals surface area contributed by atoms with Crippen LogP contribution in [0.5, 0.6) is 0 Å². The molecule has 4 radical (unpaired) electrons. The summed E-state index contributed by atoms with van der Waals surface area (Å²) in [5.74, 6) is 0.0667. The van der Waals surface area contributed by atoms with Crippen LogP contribution >= 0.6 is 14.9 Å². The van der Waals surface area contributed by atoms with Crippen LogP contribution in [0.1, 0.15) is 24.6 Å². The second kappa shape index (κ2) is 12.1. The monoisotopic (exact) mass is 701 g/mol. The summed E-state index contributed by atoms with van der Waals surface area (Å²) in [6, 6.07) is 1.86. The highest BCUT2D eigenvalue weighted by Gasteiger charge is 2.54. The van der Waals surface area contributed by atoms with Gasteiger partial charge < -0.3 is 43.4 Å². The van der Waals surface area contributed by atoms with Crippen LogP contribution < -0.4 is 11.1 Å². The molecule has 0 spiro atoms. The van der Waals surface area contributed by atoms with E-state index in [1.165, 1.54) is 24.3 Å². The van der Waals surface area contributed by atoms with Crippen LogP contribution in [-0.4, -0.2) is 113 Å². The van der Waals surface area contributed by atoms with Gasteiger partial charge in [-0.2, -0.15) is 5.10 Å². The first-order valence-electron chi connectivity index (χ1n) is 15.0. The molecule has 4 aromatic rings. The van der Waals surface area contributed by atoms with Crippen molar-refractivity contribution in [2.75, 3.05) is 37.9 Å². The highest BCUT2D eigenvalue weighted by molar-refractivity contribution is 7.79. The van der Waals surface area contributed by atoms with Gasteiger partial charge in [-0.3, -0.25) is 13.7 Å². The minimum absolute atomic E-state index is 0.0667. The van der Waals surface area contributed by atoms with Crippen molar-refractivity contribution < 1.29 is 45.8 Å². The van der Waals surface area contributed by atoms with Crippen molar-refractivity contribution in [1.29, 1.82) is 0 Å². The molecule has 0 amide bonds. The maximum atomic E-state index is 16.1. The topological polar surface area (TPSA) is 211 Å². The smallest absolute Gasteiger partial charge is 0.264 e. The van der Waals surface area contributed by atoms with Crippen LogP contribution in [0.25, 0.3) is 22.2 Å². The fourth-order valence-corrected chi connectivity index (χ4v) is 8.54. The Morgan fingerprint density at radius 2 is 1.75 bits per heavy atom. The Kier molecular flexibility index (Phi) is 8.13. The van der Waals surface area contributed by atoms with E-state index in [2.05, 4.69) is 25.3 Å². The number of anilines is 2. The minimum atomic E-state index is -4.52. The van der Waals surface area contributed by atoms with E-state index < -0.39 is 77.3 Å². The molecule has 10 atom stereocenters. The van der Waals surface area contributed by atoms with Crippen molar-refractivity contribution in [1.82, 2.24) is 34.3 Å². The molecule has 4 aliphatic heterocycles. The van der Waals surface area contributed by atoms with Gasteiger partial charge in [0, 0.05) is 25.5 Å². The number of aromatic nitrogens is 7. The first kappa shape index (κ1) is 32.2. The Balaban J connectivity index is 1.09. The molecule has 8 rings (SSSR count). The number of halogens is 1. The molecule has 3 saturated heterocycles. The molecule has 250 valence electrons. The third-order valence-electron chi connectivity index (χ3n) is 8.67. The molecule has 48 heavy (non-hydrogen) atoms.